The molecule has 1 aliphatic carbocycles. The van der Waals surface area contributed by atoms with E-state index in [2.05, 4.69) is 27.9 Å². The summed E-state index contributed by atoms with van der Waals surface area (Å²) in [6.45, 7) is 4.12. The summed E-state index contributed by atoms with van der Waals surface area (Å²) in [6, 6.07) is 16.1. The van der Waals surface area contributed by atoms with Crippen molar-refractivity contribution in [3.05, 3.63) is 84.1 Å². The van der Waals surface area contributed by atoms with Gasteiger partial charge in [-0.15, -0.1) is 0 Å². The second-order valence-electron chi connectivity index (χ2n) is 11.5. The number of rotatable bonds is 12. The molecule has 0 spiro atoms. The predicted octanol–water partition coefficient (Wildman–Crippen LogP) is 4.64. The largest absolute Gasteiger partial charge is 0.478 e. The van der Waals surface area contributed by atoms with Crippen LogP contribution in [-0.2, 0) is 25.5 Å². The van der Waals surface area contributed by atoms with Gasteiger partial charge in [0.15, 0.2) is 0 Å². The number of hydrogen-bond acceptors (Lipinski definition) is 5. The zero-order valence-corrected chi connectivity index (χ0v) is 24.6. The molecule has 5 N–H and O–H groups in total. The van der Waals surface area contributed by atoms with Crippen LogP contribution in [-0.4, -0.2) is 52.7 Å². The molecule has 0 bridgehead atoms. The average molecular weight is 589 g/mol. The van der Waals surface area contributed by atoms with E-state index in [4.69, 9.17) is 9.84 Å². The highest BCUT2D eigenvalue weighted by Gasteiger charge is 2.37. The van der Waals surface area contributed by atoms with Gasteiger partial charge >= 0.3 is 12.1 Å². The van der Waals surface area contributed by atoms with Gasteiger partial charge in [0.2, 0.25) is 11.8 Å². The number of fused-ring (bicyclic) bond motifs is 1. The van der Waals surface area contributed by atoms with Crippen molar-refractivity contribution in [3.63, 3.8) is 0 Å². The van der Waals surface area contributed by atoms with Crippen LogP contribution in [0.3, 0.4) is 0 Å². The molecule has 0 unspecified atom stereocenters. The van der Waals surface area contributed by atoms with Gasteiger partial charge in [0, 0.05) is 42.2 Å². The third-order valence-corrected chi connectivity index (χ3v) is 8.18. The minimum absolute atomic E-state index is 0.00467. The summed E-state index contributed by atoms with van der Waals surface area (Å²) in [5.41, 5.74) is 1.08. The Kier molecular flexibility index (Phi) is 10.6. The topological polar surface area (TPSA) is 150 Å². The van der Waals surface area contributed by atoms with Crippen molar-refractivity contribution in [2.24, 2.45) is 11.8 Å². The summed E-state index contributed by atoms with van der Waals surface area (Å²) in [5, 5.41) is 18.3. The molecule has 3 aromatic rings. The third-order valence-electron chi connectivity index (χ3n) is 8.18. The van der Waals surface area contributed by atoms with Gasteiger partial charge in [-0.2, -0.15) is 0 Å². The van der Waals surface area contributed by atoms with Crippen molar-refractivity contribution in [3.8, 4) is 0 Å². The van der Waals surface area contributed by atoms with E-state index in [0.29, 0.717) is 24.0 Å². The molecule has 4 atom stereocenters. The van der Waals surface area contributed by atoms with Crippen molar-refractivity contribution in [2.75, 3.05) is 13.2 Å². The van der Waals surface area contributed by atoms with Crippen molar-refractivity contribution in [1.82, 2.24) is 20.9 Å². The van der Waals surface area contributed by atoms with Crippen LogP contribution in [0.5, 0.6) is 0 Å². The lowest BCUT2D eigenvalue weighted by Gasteiger charge is -2.32. The molecular weight excluding hydrogens is 548 g/mol. The number of nitrogens with one attached hydrogen (secondary N) is 4. The number of aliphatic carboxylic acids is 1. The molecule has 1 saturated carbocycles. The van der Waals surface area contributed by atoms with Crippen LogP contribution < -0.4 is 16.0 Å². The van der Waals surface area contributed by atoms with Gasteiger partial charge in [-0.25, -0.2) is 9.59 Å². The second-order valence-corrected chi connectivity index (χ2v) is 11.5. The minimum Gasteiger partial charge on any atom is -0.478 e. The van der Waals surface area contributed by atoms with Crippen LogP contribution >= 0.6 is 0 Å². The second kappa shape index (κ2) is 14.5. The van der Waals surface area contributed by atoms with Gasteiger partial charge in [-0.05, 0) is 42.4 Å². The van der Waals surface area contributed by atoms with Crippen LogP contribution in [0.15, 0.2) is 72.9 Å². The Morgan fingerprint density at radius 2 is 1.77 bits per heavy atom. The van der Waals surface area contributed by atoms with Crippen molar-refractivity contribution in [1.29, 1.82) is 0 Å². The molecule has 0 radical (unpaired) electrons. The van der Waals surface area contributed by atoms with Gasteiger partial charge < -0.3 is 30.8 Å². The highest BCUT2D eigenvalue weighted by molar-refractivity contribution is 5.94. The van der Waals surface area contributed by atoms with Gasteiger partial charge in [-0.3, -0.25) is 9.59 Å². The molecule has 1 aromatic heterocycles. The average Bonchev–Trinajstić information content (AvgIpc) is 3.40. The van der Waals surface area contributed by atoms with Crippen LogP contribution in [0.25, 0.3) is 10.9 Å². The molecule has 0 saturated heterocycles. The lowest BCUT2D eigenvalue weighted by Crippen LogP contribution is -2.59. The normalized spacial score (nSPS) is 18.8. The Bertz CT molecular complexity index is 1450. The number of carboxylic acid groups (broad SMARTS) is 1. The van der Waals surface area contributed by atoms with Crippen LogP contribution in [0.1, 0.15) is 56.7 Å². The molecule has 3 amide bonds. The summed E-state index contributed by atoms with van der Waals surface area (Å²) < 4.78 is 5.65. The number of alkyl carbamates (subject to hydrolysis) is 1. The first-order valence-electron chi connectivity index (χ1n) is 14.7. The van der Waals surface area contributed by atoms with E-state index in [-0.39, 0.29) is 13.0 Å². The molecular formula is C33H40N4O6. The van der Waals surface area contributed by atoms with Crippen molar-refractivity contribution < 1.29 is 29.0 Å². The highest BCUT2D eigenvalue weighted by Crippen LogP contribution is 2.30. The van der Waals surface area contributed by atoms with Gasteiger partial charge in [0.05, 0.1) is 12.6 Å². The van der Waals surface area contributed by atoms with Gasteiger partial charge in [-0.1, -0.05) is 74.7 Å². The lowest BCUT2D eigenvalue weighted by atomic mass is 9.81. The number of amides is 3. The van der Waals surface area contributed by atoms with Gasteiger partial charge in [0.25, 0.3) is 0 Å². The maximum Gasteiger partial charge on any atom is 0.408 e. The van der Waals surface area contributed by atoms with E-state index in [1.54, 1.807) is 31.2 Å². The van der Waals surface area contributed by atoms with E-state index in [1.807, 2.05) is 36.5 Å². The fraction of sp³-hybridized carbons (Fsp3) is 0.394. The van der Waals surface area contributed by atoms with E-state index in [9.17, 15) is 19.2 Å². The maximum absolute atomic E-state index is 13.9. The van der Waals surface area contributed by atoms with Crippen LogP contribution in [0.4, 0.5) is 4.79 Å². The van der Waals surface area contributed by atoms with Crippen LogP contribution in [0.2, 0.25) is 0 Å². The molecule has 43 heavy (non-hydrogen) atoms. The number of hydrogen-bond donors (Lipinski definition) is 5. The molecule has 1 fully saturated rings. The highest BCUT2D eigenvalue weighted by atomic mass is 16.5. The molecule has 4 rings (SSSR count). The first-order chi connectivity index (χ1) is 20.6. The smallest absolute Gasteiger partial charge is 0.408 e. The van der Waals surface area contributed by atoms with Crippen molar-refractivity contribution in [2.45, 2.75) is 57.5 Å². The van der Waals surface area contributed by atoms with E-state index >= 15 is 0 Å². The standard InChI is InChI=1S/C33H40N4O6/c1-22-10-6-7-13-24(22)21-43-32(42)37-33(2,18-25-19-34-27-15-9-8-14-26(25)27)31(41)35-20-28(23-11-4-3-5-12-23)36-29(38)16-17-30(39)40/h3-5,8-9,11-12,14-17,19,22,24,28,34H,6-7,10,13,18,20-21H2,1-2H3,(H,35,41)(H,36,38)(H,37,42)(H,39,40)/b17-16+/t22-,24-,28+,33+/m0/s1. The Labute approximate surface area is 251 Å². The number of carbonyl (C=O) groups excluding carboxylic acids is 3. The first kappa shape index (κ1) is 31.3. The number of carboxylic acids is 1. The Morgan fingerprint density at radius 3 is 2.51 bits per heavy atom. The van der Waals surface area contributed by atoms with E-state index < -0.39 is 35.5 Å². The zero-order valence-electron chi connectivity index (χ0n) is 24.6. The molecule has 1 heterocycles. The summed E-state index contributed by atoms with van der Waals surface area (Å²) in [5.74, 6) is -1.57. The number of H-pyrrole nitrogens is 1. The summed E-state index contributed by atoms with van der Waals surface area (Å²) in [7, 11) is 0. The van der Waals surface area contributed by atoms with Crippen molar-refractivity contribution >= 4 is 34.8 Å². The predicted molar refractivity (Wildman–Crippen MR) is 163 cm³/mol. The fourth-order valence-electron chi connectivity index (χ4n) is 5.62. The number of ether oxygens (including phenoxy) is 1. The quantitative estimate of drug-likeness (QED) is 0.195. The molecule has 2 aromatic carbocycles. The van der Waals surface area contributed by atoms with Gasteiger partial charge in [0.1, 0.15) is 5.54 Å². The molecule has 10 heteroatoms. The number of benzene rings is 2. The SMILES string of the molecule is C[C@H]1CCCC[C@H]1COC(=O)N[C@](C)(Cc1c[nH]c2ccccc12)C(=O)NC[C@@H](NC(=O)/C=C/C(=O)O)c1ccccc1. The fourth-order valence-corrected chi connectivity index (χ4v) is 5.62. The Hall–Kier alpha value is -4.60. The molecule has 0 aliphatic heterocycles. The number of aromatic amines is 1. The third kappa shape index (κ3) is 8.70. The lowest BCUT2D eigenvalue weighted by molar-refractivity contribution is -0.131. The monoisotopic (exact) mass is 588 g/mol. The first-order valence-corrected chi connectivity index (χ1v) is 14.7. The number of aromatic nitrogens is 1. The number of para-hydroxylation sites is 1. The summed E-state index contributed by atoms with van der Waals surface area (Å²) in [4.78, 5) is 53.5. The Morgan fingerprint density at radius 1 is 1.05 bits per heavy atom. The number of carbonyl (C=O) groups is 4. The minimum atomic E-state index is -1.39. The summed E-state index contributed by atoms with van der Waals surface area (Å²) in [6.07, 6.45) is 7.44. The maximum atomic E-state index is 13.9. The zero-order chi connectivity index (χ0) is 30.8. The molecule has 228 valence electrons. The van der Waals surface area contributed by atoms with E-state index in [0.717, 1.165) is 47.9 Å². The molecule has 10 nitrogen and oxygen atoms in total. The molecule has 1 aliphatic rings. The Balaban J connectivity index is 1.51. The van der Waals surface area contributed by atoms with E-state index in [1.165, 1.54) is 6.42 Å². The summed E-state index contributed by atoms with van der Waals surface area (Å²) >= 11 is 0. The van der Waals surface area contributed by atoms with Crippen LogP contribution in [0, 0.1) is 11.8 Å².